The molecule has 90 valence electrons. The quantitative estimate of drug-likeness (QED) is 0.447. The number of thiocarbonyl (C=S) groups is 1. The monoisotopic (exact) mass is 254 g/mol. The first-order valence-electron chi connectivity index (χ1n) is 6.30. The maximum atomic E-state index is 5.36. The molecule has 0 aromatic heterocycles. The van der Waals surface area contributed by atoms with E-state index in [1.807, 2.05) is 11.8 Å². The molecule has 0 aliphatic heterocycles. The molecule has 0 N–H and O–H groups in total. The van der Waals surface area contributed by atoms with Crippen LogP contribution in [-0.2, 0) is 0 Å². The van der Waals surface area contributed by atoms with Gasteiger partial charge in [0.1, 0.15) is 0 Å². The van der Waals surface area contributed by atoms with Gasteiger partial charge in [0.05, 0.1) is 0 Å². The third kappa shape index (κ3) is 5.31. The Morgan fingerprint density at radius 3 is 2.88 bits per heavy atom. The van der Waals surface area contributed by atoms with Crippen LogP contribution in [0.2, 0.25) is 0 Å². The van der Waals surface area contributed by atoms with Crippen molar-refractivity contribution in [3.8, 4) is 0 Å². The molecule has 0 spiro atoms. The van der Waals surface area contributed by atoms with Crippen LogP contribution in [0.1, 0.15) is 52.4 Å². The lowest BCUT2D eigenvalue weighted by Gasteiger charge is -2.15. The van der Waals surface area contributed by atoms with Crippen LogP contribution in [0, 0.1) is 0 Å². The molecule has 0 saturated heterocycles. The van der Waals surface area contributed by atoms with Crippen LogP contribution in [0.5, 0.6) is 0 Å². The molecule has 0 amide bonds. The second kappa shape index (κ2) is 8.08. The Labute approximate surface area is 110 Å². The van der Waals surface area contributed by atoms with Gasteiger partial charge in [-0.1, -0.05) is 63.9 Å². The summed E-state index contributed by atoms with van der Waals surface area (Å²) < 4.78 is 0. The predicted octanol–water partition coefficient (Wildman–Crippen LogP) is 5.29. The summed E-state index contributed by atoms with van der Waals surface area (Å²) in [4.78, 5) is 2.44. The topological polar surface area (TPSA) is 0 Å². The molecule has 0 aromatic carbocycles. The Morgan fingerprint density at radius 1 is 1.38 bits per heavy atom. The van der Waals surface area contributed by atoms with Gasteiger partial charge in [-0.05, 0) is 12.5 Å². The maximum absolute atomic E-state index is 5.36. The van der Waals surface area contributed by atoms with Crippen LogP contribution in [0.15, 0.2) is 23.1 Å². The molecule has 1 atom stereocenters. The van der Waals surface area contributed by atoms with Gasteiger partial charge in [-0.15, -0.1) is 11.8 Å². The number of thioether (sulfide) groups is 1. The van der Waals surface area contributed by atoms with Crippen molar-refractivity contribution in [2.75, 3.05) is 0 Å². The zero-order valence-corrected chi connectivity index (χ0v) is 12.0. The van der Waals surface area contributed by atoms with Gasteiger partial charge >= 0.3 is 0 Å². The van der Waals surface area contributed by atoms with Gasteiger partial charge in [-0.3, -0.25) is 0 Å². The summed E-state index contributed by atoms with van der Waals surface area (Å²) in [7, 11) is 0. The molecule has 1 aliphatic rings. The largest absolute Gasteiger partial charge is 0.122 e. The number of hydrogen-bond acceptors (Lipinski definition) is 2. The van der Waals surface area contributed by atoms with Crippen molar-refractivity contribution in [1.82, 2.24) is 0 Å². The van der Waals surface area contributed by atoms with Gasteiger partial charge in [0.25, 0.3) is 0 Å². The summed E-state index contributed by atoms with van der Waals surface area (Å²) in [5.41, 5.74) is 0. The zero-order chi connectivity index (χ0) is 11.8. The maximum Gasteiger partial charge on any atom is 0.0325 e. The standard InChI is InChI=1S/C14H22S2/c1-3-4-5-6-9-12(2)16-14-11-8-7-10-13(14)15/h7-8,11-12H,3-6,9-10H2,1-2H3. The minimum atomic E-state index is 0.701. The Morgan fingerprint density at radius 2 is 2.19 bits per heavy atom. The van der Waals surface area contributed by atoms with Crippen molar-refractivity contribution in [2.24, 2.45) is 0 Å². The van der Waals surface area contributed by atoms with Crippen LogP contribution in [0.3, 0.4) is 0 Å². The van der Waals surface area contributed by atoms with Gasteiger partial charge in [0.2, 0.25) is 0 Å². The molecule has 0 saturated carbocycles. The summed E-state index contributed by atoms with van der Waals surface area (Å²) in [6.45, 7) is 4.58. The normalized spacial score (nSPS) is 17.4. The summed E-state index contributed by atoms with van der Waals surface area (Å²) in [5.74, 6) is 0. The van der Waals surface area contributed by atoms with E-state index in [2.05, 4.69) is 32.1 Å². The van der Waals surface area contributed by atoms with E-state index < -0.39 is 0 Å². The first-order valence-corrected chi connectivity index (χ1v) is 7.59. The first-order chi connectivity index (χ1) is 7.74. The van der Waals surface area contributed by atoms with Crippen molar-refractivity contribution in [3.05, 3.63) is 23.1 Å². The van der Waals surface area contributed by atoms with Crippen molar-refractivity contribution >= 4 is 28.8 Å². The lowest BCUT2D eigenvalue weighted by molar-refractivity contribution is 0.631. The molecule has 16 heavy (non-hydrogen) atoms. The molecular formula is C14H22S2. The molecule has 0 nitrogen and oxygen atoms in total. The van der Waals surface area contributed by atoms with E-state index in [4.69, 9.17) is 12.2 Å². The summed E-state index contributed by atoms with van der Waals surface area (Å²) in [5, 5.41) is 0.701. The third-order valence-corrected chi connectivity index (χ3v) is 4.54. The fraction of sp³-hybridized carbons (Fsp3) is 0.643. The van der Waals surface area contributed by atoms with Gasteiger partial charge in [0.15, 0.2) is 0 Å². The predicted molar refractivity (Wildman–Crippen MR) is 80.3 cm³/mol. The van der Waals surface area contributed by atoms with E-state index >= 15 is 0 Å². The van der Waals surface area contributed by atoms with E-state index in [1.54, 1.807) is 0 Å². The third-order valence-electron chi connectivity index (χ3n) is 2.75. The van der Waals surface area contributed by atoms with Gasteiger partial charge in [-0.2, -0.15) is 0 Å². The van der Waals surface area contributed by atoms with E-state index in [0.29, 0.717) is 5.25 Å². The van der Waals surface area contributed by atoms with E-state index in [9.17, 15) is 0 Å². The molecular weight excluding hydrogens is 232 g/mol. The van der Waals surface area contributed by atoms with Crippen molar-refractivity contribution in [3.63, 3.8) is 0 Å². The average molecular weight is 254 g/mol. The van der Waals surface area contributed by atoms with E-state index in [1.165, 1.54) is 37.0 Å². The number of allylic oxidation sites excluding steroid dienone is 4. The van der Waals surface area contributed by atoms with Crippen LogP contribution < -0.4 is 0 Å². The highest BCUT2D eigenvalue weighted by molar-refractivity contribution is 8.05. The smallest absolute Gasteiger partial charge is 0.0325 e. The molecule has 1 unspecified atom stereocenters. The summed E-state index contributed by atoms with van der Waals surface area (Å²) in [6.07, 6.45) is 14.1. The fourth-order valence-corrected chi connectivity index (χ4v) is 3.16. The molecule has 0 bridgehead atoms. The lowest BCUT2D eigenvalue weighted by Crippen LogP contribution is -2.04. The highest BCUT2D eigenvalue weighted by atomic mass is 32.2. The highest BCUT2D eigenvalue weighted by Crippen LogP contribution is 2.29. The molecule has 0 aromatic rings. The SMILES string of the molecule is CCCCCCC(C)SC1=CC=CCC1=S. The molecule has 1 aliphatic carbocycles. The minimum Gasteiger partial charge on any atom is -0.122 e. The molecule has 2 heteroatoms. The van der Waals surface area contributed by atoms with Gasteiger partial charge in [0, 0.05) is 21.4 Å². The molecule has 0 heterocycles. The fourth-order valence-electron chi connectivity index (χ4n) is 1.76. The molecule has 0 radical (unpaired) electrons. The second-order valence-corrected chi connectivity index (χ2v) is 6.34. The minimum absolute atomic E-state index is 0.701. The van der Waals surface area contributed by atoms with Crippen molar-refractivity contribution in [2.45, 2.75) is 57.6 Å². The first kappa shape index (κ1) is 14.0. The van der Waals surface area contributed by atoms with Crippen LogP contribution >= 0.6 is 24.0 Å². The van der Waals surface area contributed by atoms with Gasteiger partial charge in [-0.25, -0.2) is 0 Å². The van der Waals surface area contributed by atoms with Crippen LogP contribution in [0.4, 0.5) is 0 Å². The number of unbranched alkanes of at least 4 members (excludes halogenated alkanes) is 3. The Hall–Kier alpha value is -0.0800. The number of hydrogen-bond donors (Lipinski definition) is 0. The summed E-state index contributed by atoms with van der Waals surface area (Å²) >= 11 is 7.31. The van der Waals surface area contributed by atoms with Crippen LogP contribution in [-0.4, -0.2) is 10.1 Å². The highest BCUT2D eigenvalue weighted by Gasteiger charge is 2.11. The Bertz CT molecular complexity index is 276. The zero-order valence-electron chi connectivity index (χ0n) is 10.4. The van der Waals surface area contributed by atoms with E-state index in [-0.39, 0.29) is 0 Å². The van der Waals surface area contributed by atoms with Crippen molar-refractivity contribution < 1.29 is 0 Å². The molecule has 0 fully saturated rings. The van der Waals surface area contributed by atoms with Crippen molar-refractivity contribution in [1.29, 1.82) is 0 Å². The second-order valence-electron chi connectivity index (χ2n) is 4.36. The lowest BCUT2D eigenvalue weighted by atomic mass is 10.1. The Kier molecular flexibility index (Phi) is 7.06. The molecule has 1 rings (SSSR count). The van der Waals surface area contributed by atoms with E-state index in [0.717, 1.165) is 11.3 Å². The van der Waals surface area contributed by atoms with Crippen LogP contribution in [0.25, 0.3) is 0 Å². The summed E-state index contributed by atoms with van der Waals surface area (Å²) in [6, 6.07) is 0. The average Bonchev–Trinajstić information content (AvgIpc) is 2.28. The Balaban J connectivity index is 2.23. The number of rotatable bonds is 7. The van der Waals surface area contributed by atoms with Gasteiger partial charge < -0.3 is 0 Å².